The summed E-state index contributed by atoms with van der Waals surface area (Å²) in [5.41, 5.74) is 2.98. The van der Waals surface area contributed by atoms with Crippen LogP contribution < -0.4 is 5.32 Å². The smallest absolute Gasteiger partial charge is 0.276 e. The van der Waals surface area contributed by atoms with E-state index in [1.807, 2.05) is 30.2 Å². The summed E-state index contributed by atoms with van der Waals surface area (Å²) in [5.74, 6) is -0.0166. The number of ether oxygens (including phenoxy) is 1. The van der Waals surface area contributed by atoms with Crippen molar-refractivity contribution in [2.45, 2.75) is 32.6 Å². The van der Waals surface area contributed by atoms with Gasteiger partial charge in [0.05, 0.1) is 29.6 Å². The number of nitrogens with one attached hydrogen (secondary N) is 1. The zero-order valence-corrected chi connectivity index (χ0v) is 20.9. The molecule has 0 aliphatic carbocycles. The van der Waals surface area contributed by atoms with Crippen LogP contribution in [0.25, 0.3) is 5.65 Å². The predicted molar refractivity (Wildman–Crippen MR) is 130 cm³/mol. The number of carbonyl (C=O) groups is 2. The monoisotopic (exact) mass is 498 g/mol. The first-order valence-electron chi connectivity index (χ1n) is 12.0. The van der Waals surface area contributed by atoms with Crippen LogP contribution in [-0.4, -0.2) is 98.9 Å². The number of hydrogen-bond donors (Lipinski definition) is 1. The molecule has 11 nitrogen and oxygen atoms in total. The summed E-state index contributed by atoms with van der Waals surface area (Å²) in [6.45, 7) is 9.68. The number of thiazole rings is 1. The molecule has 3 aromatic heterocycles. The SMILES string of the molecule is Cc1cc2nnc(C(=O)N3CCC(c4nc(C(=O)NCCN5CCOCC5)cs4)CC3)c(C)n2n1. The van der Waals surface area contributed by atoms with Crippen molar-refractivity contribution < 1.29 is 14.3 Å². The van der Waals surface area contributed by atoms with Crippen molar-refractivity contribution in [3.63, 3.8) is 0 Å². The summed E-state index contributed by atoms with van der Waals surface area (Å²) >= 11 is 1.52. The van der Waals surface area contributed by atoms with Gasteiger partial charge in [0.15, 0.2) is 11.3 Å². The molecule has 0 radical (unpaired) electrons. The van der Waals surface area contributed by atoms with E-state index in [2.05, 4.69) is 30.5 Å². The predicted octanol–water partition coefficient (Wildman–Crippen LogP) is 1.28. The maximum atomic E-state index is 13.1. The second kappa shape index (κ2) is 10.3. The van der Waals surface area contributed by atoms with Crippen molar-refractivity contribution in [1.29, 1.82) is 0 Å². The lowest BCUT2D eigenvalue weighted by Crippen LogP contribution is -2.41. The van der Waals surface area contributed by atoms with E-state index in [1.54, 1.807) is 4.52 Å². The van der Waals surface area contributed by atoms with Crippen LogP contribution in [0.2, 0.25) is 0 Å². The van der Waals surface area contributed by atoms with Crippen LogP contribution in [0.4, 0.5) is 0 Å². The topological polar surface area (TPSA) is 118 Å². The molecule has 0 bridgehead atoms. The highest BCUT2D eigenvalue weighted by molar-refractivity contribution is 7.09. The molecule has 2 aliphatic rings. The number of amides is 2. The van der Waals surface area contributed by atoms with Gasteiger partial charge >= 0.3 is 0 Å². The van der Waals surface area contributed by atoms with Gasteiger partial charge in [-0.2, -0.15) is 5.10 Å². The number of nitrogens with zero attached hydrogens (tertiary/aromatic N) is 7. The van der Waals surface area contributed by atoms with Gasteiger partial charge in [0.25, 0.3) is 11.8 Å². The minimum absolute atomic E-state index is 0.122. The molecule has 0 aromatic carbocycles. The van der Waals surface area contributed by atoms with Crippen LogP contribution in [0, 0.1) is 13.8 Å². The number of rotatable bonds is 6. The van der Waals surface area contributed by atoms with Crippen LogP contribution in [0.3, 0.4) is 0 Å². The molecule has 5 heterocycles. The standard InChI is InChI=1S/C23H30N8O3S/c1-15-13-19-26-27-20(16(2)31(19)28-15)23(33)30-6-3-17(4-7-30)22-25-18(14-35-22)21(32)24-5-8-29-9-11-34-12-10-29/h13-14,17H,3-12H2,1-2H3,(H,24,32). The normalized spacial score (nSPS) is 17.7. The van der Waals surface area contributed by atoms with E-state index in [1.165, 1.54) is 11.3 Å². The molecule has 35 heavy (non-hydrogen) atoms. The van der Waals surface area contributed by atoms with E-state index in [0.29, 0.717) is 42.4 Å². The largest absolute Gasteiger partial charge is 0.379 e. The Morgan fingerprint density at radius 3 is 2.69 bits per heavy atom. The quantitative estimate of drug-likeness (QED) is 0.540. The van der Waals surface area contributed by atoms with E-state index in [0.717, 1.165) is 56.4 Å². The molecule has 2 fully saturated rings. The number of likely N-dealkylation sites (tertiary alicyclic amines) is 1. The highest BCUT2D eigenvalue weighted by Crippen LogP contribution is 2.31. The Morgan fingerprint density at radius 1 is 1.14 bits per heavy atom. The molecule has 186 valence electrons. The first-order valence-corrected chi connectivity index (χ1v) is 12.9. The molecule has 5 rings (SSSR count). The number of piperidine rings is 1. The van der Waals surface area contributed by atoms with Crippen LogP contribution in [0.15, 0.2) is 11.4 Å². The summed E-state index contributed by atoms with van der Waals surface area (Å²) < 4.78 is 7.02. The molecule has 2 saturated heterocycles. The van der Waals surface area contributed by atoms with Gasteiger partial charge in [-0.15, -0.1) is 21.5 Å². The van der Waals surface area contributed by atoms with E-state index in [9.17, 15) is 9.59 Å². The molecule has 2 aliphatic heterocycles. The van der Waals surface area contributed by atoms with Gasteiger partial charge in [-0.25, -0.2) is 9.50 Å². The van der Waals surface area contributed by atoms with E-state index >= 15 is 0 Å². The zero-order valence-electron chi connectivity index (χ0n) is 20.1. The molecule has 0 saturated carbocycles. The number of morpholine rings is 1. The number of hydrogen-bond acceptors (Lipinski definition) is 9. The maximum Gasteiger partial charge on any atom is 0.276 e. The fourth-order valence-electron chi connectivity index (χ4n) is 4.58. The summed E-state index contributed by atoms with van der Waals surface area (Å²) in [5, 5.41) is 18.5. The number of carbonyl (C=O) groups excluding carboxylic acids is 2. The van der Waals surface area contributed by atoms with Gasteiger partial charge in [-0.3, -0.25) is 14.5 Å². The summed E-state index contributed by atoms with van der Waals surface area (Å²) in [7, 11) is 0. The molecule has 0 spiro atoms. The Bertz CT molecular complexity index is 1210. The Labute approximate surface area is 207 Å². The third-order valence-electron chi connectivity index (χ3n) is 6.63. The van der Waals surface area contributed by atoms with Gasteiger partial charge < -0.3 is 15.0 Å². The second-order valence-electron chi connectivity index (χ2n) is 9.04. The summed E-state index contributed by atoms with van der Waals surface area (Å²) in [4.78, 5) is 34.4. The highest BCUT2D eigenvalue weighted by Gasteiger charge is 2.29. The van der Waals surface area contributed by atoms with Gasteiger partial charge in [-0.1, -0.05) is 0 Å². The Kier molecular flexibility index (Phi) is 7.02. The fourth-order valence-corrected chi connectivity index (χ4v) is 5.55. The fraction of sp³-hybridized carbons (Fsp3) is 0.565. The third-order valence-corrected chi connectivity index (χ3v) is 7.64. The summed E-state index contributed by atoms with van der Waals surface area (Å²) in [6.07, 6.45) is 1.60. The number of fused-ring (bicyclic) bond motifs is 1. The molecule has 3 aromatic rings. The molecule has 12 heteroatoms. The van der Waals surface area contributed by atoms with Gasteiger partial charge in [0.2, 0.25) is 0 Å². The van der Waals surface area contributed by atoms with Crippen LogP contribution in [0.5, 0.6) is 0 Å². The Balaban J connectivity index is 1.14. The first kappa shape index (κ1) is 23.8. The van der Waals surface area contributed by atoms with E-state index in [4.69, 9.17) is 4.74 Å². The third kappa shape index (κ3) is 5.19. The van der Waals surface area contributed by atoms with Gasteiger partial charge in [0, 0.05) is 56.6 Å². The van der Waals surface area contributed by atoms with Crippen LogP contribution in [0.1, 0.15) is 56.1 Å². The minimum atomic E-state index is -0.133. The van der Waals surface area contributed by atoms with Crippen molar-refractivity contribution >= 4 is 28.8 Å². The van der Waals surface area contributed by atoms with E-state index < -0.39 is 0 Å². The Hall–Kier alpha value is -2.96. The molecule has 2 amide bonds. The van der Waals surface area contributed by atoms with Gasteiger partial charge in [-0.05, 0) is 26.7 Å². The average molecular weight is 499 g/mol. The number of aromatic nitrogens is 5. The lowest BCUT2D eigenvalue weighted by molar-refractivity contribution is 0.0383. The zero-order chi connectivity index (χ0) is 24.4. The number of aryl methyl sites for hydroxylation is 2. The maximum absolute atomic E-state index is 13.1. The lowest BCUT2D eigenvalue weighted by atomic mass is 9.97. The van der Waals surface area contributed by atoms with Crippen LogP contribution >= 0.6 is 11.3 Å². The minimum Gasteiger partial charge on any atom is -0.379 e. The van der Waals surface area contributed by atoms with Crippen molar-refractivity contribution in [2.75, 3.05) is 52.5 Å². The van der Waals surface area contributed by atoms with Crippen molar-refractivity contribution in [3.05, 3.63) is 39.2 Å². The van der Waals surface area contributed by atoms with Crippen LogP contribution in [-0.2, 0) is 4.74 Å². The molecule has 0 unspecified atom stereocenters. The van der Waals surface area contributed by atoms with Crippen molar-refractivity contribution in [3.8, 4) is 0 Å². The van der Waals surface area contributed by atoms with Crippen molar-refractivity contribution in [1.82, 2.24) is 39.9 Å². The van der Waals surface area contributed by atoms with Gasteiger partial charge in [0.1, 0.15) is 5.69 Å². The average Bonchev–Trinajstić information content (AvgIpc) is 3.52. The van der Waals surface area contributed by atoms with E-state index in [-0.39, 0.29) is 17.7 Å². The molecule has 1 N–H and O–H groups in total. The Morgan fingerprint density at radius 2 is 1.91 bits per heavy atom. The molecular weight excluding hydrogens is 468 g/mol. The molecular formula is C23H30N8O3S. The lowest BCUT2D eigenvalue weighted by Gasteiger charge is -2.31. The second-order valence-corrected chi connectivity index (χ2v) is 9.93. The first-order chi connectivity index (χ1) is 17.0. The summed E-state index contributed by atoms with van der Waals surface area (Å²) in [6, 6.07) is 1.84. The highest BCUT2D eigenvalue weighted by atomic mass is 32.1. The van der Waals surface area contributed by atoms with Crippen molar-refractivity contribution in [2.24, 2.45) is 0 Å². The molecule has 0 atom stereocenters.